The van der Waals surface area contributed by atoms with E-state index in [9.17, 15) is 4.53 Å². The van der Waals surface area contributed by atoms with Crippen LogP contribution in [0.25, 0.3) is 0 Å². The topological polar surface area (TPSA) is 87.0 Å². The zero-order chi connectivity index (χ0) is 11.1. The van der Waals surface area contributed by atoms with Crippen LogP contribution in [-0.2, 0) is 9.29 Å². The van der Waals surface area contributed by atoms with E-state index in [0.717, 1.165) is 11.0 Å². The van der Waals surface area contributed by atoms with Crippen molar-refractivity contribution in [3.05, 3.63) is 0 Å². The van der Waals surface area contributed by atoms with Crippen LogP contribution in [0, 0.1) is 0 Å². The van der Waals surface area contributed by atoms with E-state index in [4.69, 9.17) is 19.5 Å². The summed E-state index contributed by atoms with van der Waals surface area (Å²) in [6.07, 6.45) is 0. The number of aliphatic hydroxyl groups is 1. The molecule has 82 valence electrons. The highest BCUT2D eigenvalue weighted by Gasteiger charge is 2.12. The van der Waals surface area contributed by atoms with Gasteiger partial charge in [0.05, 0.1) is 27.7 Å². The predicted octanol–water partition coefficient (Wildman–Crippen LogP) is -0.335. The van der Waals surface area contributed by atoms with Gasteiger partial charge in [-0.1, -0.05) is 4.73 Å². The van der Waals surface area contributed by atoms with Crippen molar-refractivity contribution in [1.29, 1.82) is 0 Å². The number of nitrogens with zero attached hydrogens (tertiary/aromatic N) is 1. The third kappa shape index (κ3) is 24.5. The molecule has 0 aromatic rings. The molecular weight excluding hydrogens is 204 g/mol. The van der Waals surface area contributed by atoms with Crippen molar-refractivity contribution in [2.45, 2.75) is 0 Å². The van der Waals surface area contributed by atoms with Crippen molar-refractivity contribution in [2.75, 3.05) is 34.3 Å². The number of hydrogen-bond acceptors (Lipinski definition) is 3. The molecule has 0 radical (unpaired) electrons. The van der Waals surface area contributed by atoms with E-state index in [0.29, 0.717) is 0 Å². The minimum absolute atomic E-state index is 0.281. The molecule has 0 saturated heterocycles. The maximum Gasteiger partial charge on any atom is 0.500 e. The number of aliphatic hydroxyl groups excluding tert-OH is 1. The zero-order valence-corrected chi connectivity index (χ0v) is 8.74. The molecule has 0 amide bonds. The van der Waals surface area contributed by atoms with Crippen LogP contribution in [0.1, 0.15) is 0 Å². The summed E-state index contributed by atoms with van der Waals surface area (Å²) in [5.41, 5.74) is 0. The van der Waals surface area contributed by atoms with Gasteiger partial charge in [0.25, 0.3) is 0 Å². The smallest absolute Gasteiger partial charge is 0.391 e. The molecule has 3 N–H and O–H groups in total. The molecule has 0 aromatic carbocycles. The maximum atomic E-state index is 10.2. The Hall–Kier alpha value is -0.0400. The monoisotopic (exact) mass is 220 g/mol. The number of rotatable bonds is 3. The van der Waals surface area contributed by atoms with Gasteiger partial charge in [0.1, 0.15) is 6.54 Å². The second kappa shape index (κ2) is 6.42. The van der Waals surface area contributed by atoms with Crippen molar-refractivity contribution in [3.8, 4) is 0 Å². The van der Waals surface area contributed by atoms with Gasteiger partial charge < -0.3 is 19.4 Å². The third-order valence-electron chi connectivity index (χ3n) is 0.861. The van der Waals surface area contributed by atoms with Crippen molar-refractivity contribution in [1.82, 2.24) is 0 Å². The lowest BCUT2D eigenvalue weighted by Crippen LogP contribution is -2.36. The summed E-state index contributed by atoms with van der Waals surface area (Å²) in [5.74, 6) is 0. The first-order valence-electron chi connectivity index (χ1n) is 3.39. The quantitative estimate of drug-likeness (QED) is 0.447. The Morgan fingerprint density at radius 2 is 1.69 bits per heavy atom. The number of likely N-dealkylation sites (N-methyl/N-ethyl adjacent to an activating group) is 1. The van der Waals surface area contributed by atoms with Crippen LogP contribution in [0.15, 0.2) is 0 Å². The molecule has 0 fully saturated rings. The van der Waals surface area contributed by atoms with E-state index >= 15 is 0 Å². The summed E-state index contributed by atoms with van der Waals surface area (Å²) in [4.78, 5) is 14.7. The molecule has 6 nitrogen and oxygen atoms in total. The summed E-state index contributed by atoms with van der Waals surface area (Å²) >= 11 is 0. The van der Waals surface area contributed by atoms with Crippen molar-refractivity contribution < 1.29 is 33.2 Å². The summed E-state index contributed by atoms with van der Waals surface area (Å²) in [5, 5.41) is 8.39. The molecule has 8 heteroatoms. The summed E-state index contributed by atoms with van der Waals surface area (Å²) < 4.78 is 22.3. The first-order valence-corrected chi connectivity index (χ1v) is 4.92. The van der Waals surface area contributed by atoms with Crippen LogP contribution in [0.4, 0.5) is 4.53 Å². The largest absolute Gasteiger partial charge is 0.500 e. The van der Waals surface area contributed by atoms with E-state index in [1.807, 2.05) is 0 Å². The number of halogens is 1. The van der Waals surface area contributed by atoms with Crippen molar-refractivity contribution in [3.63, 3.8) is 0 Å². The molecule has 0 bridgehead atoms. The number of hydrogen-bond donors (Lipinski definition) is 3. The normalized spacial score (nSPS) is 11.9. The van der Waals surface area contributed by atoms with Gasteiger partial charge in [0, 0.05) is 0 Å². The SMILES string of the molecule is C[N+](C)(C)CCO.O=P(O)(O)OF. The number of quaternary nitrogens is 1. The molecule has 0 aliphatic carbocycles. The Morgan fingerprint density at radius 3 is 1.69 bits per heavy atom. The Bertz CT molecular complexity index is 165. The Balaban J connectivity index is 0. The summed E-state index contributed by atoms with van der Waals surface area (Å²) in [6.45, 7) is 1.11. The predicted molar refractivity (Wildman–Crippen MR) is 44.2 cm³/mol. The highest BCUT2D eigenvalue weighted by Crippen LogP contribution is 2.35. The van der Waals surface area contributed by atoms with Crippen molar-refractivity contribution in [2.24, 2.45) is 0 Å². The minimum atomic E-state index is -4.81. The Labute approximate surface area is 76.3 Å². The van der Waals surface area contributed by atoms with Crippen molar-refractivity contribution >= 4 is 7.82 Å². The zero-order valence-electron chi connectivity index (χ0n) is 7.84. The lowest BCUT2D eigenvalue weighted by atomic mass is 10.5. The van der Waals surface area contributed by atoms with E-state index in [1.54, 1.807) is 0 Å². The second-order valence-corrected chi connectivity index (χ2v) is 4.42. The maximum absolute atomic E-state index is 10.2. The summed E-state index contributed by atoms with van der Waals surface area (Å²) in [6, 6.07) is 0. The van der Waals surface area contributed by atoms with Crippen LogP contribution in [-0.4, -0.2) is 53.7 Å². The fourth-order valence-electron chi connectivity index (χ4n) is 0.300. The van der Waals surface area contributed by atoms with Crippen LogP contribution in [0.3, 0.4) is 0 Å². The van der Waals surface area contributed by atoms with E-state index in [1.165, 1.54) is 0 Å². The van der Waals surface area contributed by atoms with Gasteiger partial charge in [-0.2, -0.15) is 0 Å². The fraction of sp³-hybridized carbons (Fsp3) is 1.00. The minimum Gasteiger partial charge on any atom is -0.391 e. The van der Waals surface area contributed by atoms with E-state index < -0.39 is 7.82 Å². The molecule has 0 aromatic heterocycles. The van der Waals surface area contributed by atoms with Gasteiger partial charge in [0.2, 0.25) is 0 Å². The molecule has 13 heavy (non-hydrogen) atoms. The number of phosphoric acid groups is 1. The average Bonchev–Trinajstić information content (AvgIpc) is 1.84. The van der Waals surface area contributed by atoms with Gasteiger partial charge in [0.15, 0.2) is 0 Å². The first kappa shape index (κ1) is 15.4. The standard InChI is InChI=1S/C5H14NO.FH2O4P/c1-6(2,3)4-5-7;1-5-6(2,3)4/h7H,4-5H2,1-3H3;(H2,2,3,4)/q+1;. The molecule has 0 rings (SSSR count). The van der Waals surface area contributed by atoms with Gasteiger partial charge >= 0.3 is 7.82 Å². The summed E-state index contributed by atoms with van der Waals surface area (Å²) in [7, 11) is 1.34. The highest BCUT2D eigenvalue weighted by molar-refractivity contribution is 7.46. The third-order valence-corrected chi connectivity index (χ3v) is 1.04. The molecule has 0 aliphatic rings. The Kier molecular flexibility index (Phi) is 7.62. The molecule has 0 aliphatic heterocycles. The van der Waals surface area contributed by atoms with Crippen LogP contribution >= 0.6 is 7.82 Å². The van der Waals surface area contributed by atoms with Crippen LogP contribution in [0.2, 0.25) is 0 Å². The van der Waals surface area contributed by atoms with Gasteiger partial charge in [-0.3, -0.25) is 0 Å². The van der Waals surface area contributed by atoms with Crippen LogP contribution < -0.4 is 0 Å². The first-order chi connectivity index (χ1) is 5.62. The molecule has 0 spiro atoms. The van der Waals surface area contributed by atoms with Gasteiger partial charge in [-0.15, -0.1) is 0 Å². The Morgan fingerprint density at radius 1 is 1.38 bits per heavy atom. The van der Waals surface area contributed by atoms with E-state index in [-0.39, 0.29) is 6.61 Å². The molecule has 0 saturated carbocycles. The van der Waals surface area contributed by atoms with Crippen LogP contribution in [0.5, 0.6) is 0 Å². The highest BCUT2D eigenvalue weighted by atomic mass is 31.2. The fourth-order valence-corrected chi connectivity index (χ4v) is 0.300. The van der Waals surface area contributed by atoms with Gasteiger partial charge in [-0.05, 0) is 4.53 Å². The lowest BCUT2D eigenvalue weighted by molar-refractivity contribution is -0.870. The average molecular weight is 220 g/mol. The van der Waals surface area contributed by atoms with E-state index in [2.05, 4.69) is 25.9 Å². The molecule has 0 unspecified atom stereocenters. The molecule has 0 heterocycles. The lowest BCUT2D eigenvalue weighted by Gasteiger charge is -2.21. The second-order valence-electron chi connectivity index (χ2n) is 3.30. The van der Waals surface area contributed by atoms with Gasteiger partial charge in [-0.25, -0.2) is 4.57 Å². The molecule has 0 atom stereocenters. The molecular formula is C5H16FNO5P+.